The lowest BCUT2D eigenvalue weighted by Crippen LogP contribution is -2.28. The minimum atomic E-state index is 0.922. The van der Waals surface area contributed by atoms with Gasteiger partial charge in [0.15, 0.2) is 0 Å². The molecule has 1 heteroatoms. The van der Waals surface area contributed by atoms with Crippen LogP contribution in [0.4, 0.5) is 0 Å². The maximum atomic E-state index is 3.64. The van der Waals surface area contributed by atoms with E-state index in [0.29, 0.717) is 0 Å². The van der Waals surface area contributed by atoms with Crippen LogP contribution in [0.3, 0.4) is 0 Å². The van der Waals surface area contributed by atoms with Crippen LogP contribution in [0.25, 0.3) is 0 Å². The van der Waals surface area contributed by atoms with Crippen LogP contribution in [0.2, 0.25) is 0 Å². The third-order valence-electron chi connectivity index (χ3n) is 4.15. The minimum absolute atomic E-state index is 0.922. The Morgan fingerprint density at radius 1 is 1.28 bits per heavy atom. The number of benzene rings is 1. The summed E-state index contributed by atoms with van der Waals surface area (Å²) in [6.45, 7) is 6.91. The Balaban J connectivity index is 1.64. The van der Waals surface area contributed by atoms with Crippen molar-refractivity contribution >= 4 is 0 Å². The lowest BCUT2D eigenvalue weighted by Gasteiger charge is -2.26. The molecule has 1 aromatic carbocycles. The second-order valence-electron chi connectivity index (χ2n) is 6.08. The molecular weight excluding hydrogens is 218 g/mol. The van der Waals surface area contributed by atoms with Crippen molar-refractivity contribution in [1.29, 1.82) is 0 Å². The van der Waals surface area contributed by atoms with E-state index in [1.54, 1.807) is 0 Å². The van der Waals surface area contributed by atoms with Crippen LogP contribution in [0.5, 0.6) is 0 Å². The molecule has 1 nitrogen and oxygen atoms in total. The Hall–Kier alpha value is -0.820. The molecule has 2 unspecified atom stereocenters. The largest absolute Gasteiger partial charge is 0.316 e. The second-order valence-corrected chi connectivity index (χ2v) is 6.08. The fourth-order valence-electron chi connectivity index (χ4n) is 3.15. The van der Waals surface area contributed by atoms with Crippen molar-refractivity contribution in [3.05, 3.63) is 35.4 Å². The zero-order valence-electron chi connectivity index (χ0n) is 11.9. The van der Waals surface area contributed by atoms with Crippen molar-refractivity contribution in [1.82, 2.24) is 5.32 Å². The summed E-state index contributed by atoms with van der Waals surface area (Å²) >= 11 is 0. The zero-order chi connectivity index (χ0) is 12.8. The van der Waals surface area contributed by atoms with Gasteiger partial charge in [-0.2, -0.15) is 0 Å². The normalized spacial score (nSPS) is 24.1. The van der Waals surface area contributed by atoms with E-state index >= 15 is 0 Å². The Kier molecular flexibility index (Phi) is 5.25. The molecule has 1 aromatic rings. The van der Waals surface area contributed by atoms with Gasteiger partial charge in [0.25, 0.3) is 0 Å². The Labute approximate surface area is 112 Å². The molecule has 0 saturated heterocycles. The van der Waals surface area contributed by atoms with Crippen molar-refractivity contribution in [2.45, 2.75) is 46.0 Å². The van der Waals surface area contributed by atoms with E-state index in [9.17, 15) is 0 Å². The van der Waals surface area contributed by atoms with E-state index in [-0.39, 0.29) is 0 Å². The summed E-state index contributed by atoms with van der Waals surface area (Å²) in [5.41, 5.74) is 2.83. The van der Waals surface area contributed by atoms with Crippen LogP contribution >= 0.6 is 0 Å². The first-order chi connectivity index (χ1) is 8.74. The van der Waals surface area contributed by atoms with Crippen LogP contribution < -0.4 is 5.32 Å². The van der Waals surface area contributed by atoms with Crippen molar-refractivity contribution in [3.8, 4) is 0 Å². The van der Waals surface area contributed by atoms with E-state index in [1.807, 2.05) is 0 Å². The minimum Gasteiger partial charge on any atom is -0.316 e. The third kappa shape index (κ3) is 4.45. The summed E-state index contributed by atoms with van der Waals surface area (Å²) in [6.07, 6.45) is 6.90. The molecule has 1 aliphatic carbocycles. The van der Waals surface area contributed by atoms with Gasteiger partial charge < -0.3 is 5.32 Å². The number of hydrogen-bond acceptors (Lipinski definition) is 1. The highest BCUT2D eigenvalue weighted by atomic mass is 14.9. The molecule has 1 N–H and O–H groups in total. The number of hydrogen-bond donors (Lipinski definition) is 1. The topological polar surface area (TPSA) is 12.0 Å². The third-order valence-corrected chi connectivity index (χ3v) is 4.15. The summed E-state index contributed by atoms with van der Waals surface area (Å²) in [4.78, 5) is 0. The van der Waals surface area contributed by atoms with E-state index in [0.717, 1.165) is 24.8 Å². The lowest BCUT2D eigenvalue weighted by atomic mass is 9.82. The van der Waals surface area contributed by atoms with Gasteiger partial charge in [-0.15, -0.1) is 0 Å². The smallest absolute Gasteiger partial charge is 0.000823 e. The van der Waals surface area contributed by atoms with Gasteiger partial charge >= 0.3 is 0 Å². The van der Waals surface area contributed by atoms with E-state index in [2.05, 4.69) is 43.4 Å². The van der Waals surface area contributed by atoms with E-state index < -0.39 is 0 Å². The van der Waals surface area contributed by atoms with Crippen LogP contribution in [0.1, 0.15) is 43.7 Å². The fourth-order valence-corrected chi connectivity index (χ4v) is 3.15. The molecule has 2 rings (SSSR count). The van der Waals surface area contributed by atoms with Gasteiger partial charge in [-0.1, -0.05) is 49.6 Å². The van der Waals surface area contributed by atoms with Gasteiger partial charge in [-0.25, -0.2) is 0 Å². The van der Waals surface area contributed by atoms with E-state index in [1.165, 1.54) is 43.4 Å². The first-order valence-electron chi connectivity index (χ1n) is 7.50. The zero-order valence-corrected chi connectivity index (χ0v) is 11.9. The van der Waals surface area contributed by atoms with Gasteiger partial charge in [-0.05, 0) is 56.7 Å². The number of rotatable bonds is 5. The molecule has 0 spiro atoms. The molecule has 0 heterocycles. The molecule has 100 valence electrons. The summed E-state index contributed by atoms with van der Waals surface area (Å²) in [7, 11) is 0. The molecule has 1 saturated carbocycles. The Morgan fingerprint density at radius 2 is 2.17 bits per heavy atom. The molecule has 0 aliphatic heterocycles. The molecule has 18 heavy (non-hydrogen) atoms. The van der Waals surface area contributed by atoms with Crippen LogP contribution in [0, 0.1) is 18.8 Å². The summed E-state index contributed by atoms with van der Waals surface area (Å²) in [5, 5.41) is 3.64. The van der Waals surface area contributed by atoms with Crippen LogP contribution in [0.15, 0.2) is 24.3 Å². The highest BCUT2D eigenvalue weighted by molar-refractivity contribution is 5.22. The Morgan fingerprint density at radius 3 is 2.94 bits per heavy atom. The predicted octanol–water partition coefficient (Wildman–Crippen LogP) is 3.95. The van der Waals surface area contributed by atoms with Gasteiger partial charge in [0.1, 0.15) is 0 Å². The molecule has 1 fully saturated rings. The fraction of sp³-hybridized carbons (Fsp3) is 0.647. The first-order valence-corrected chi connectivity index (χ1v) is 7.50. The average Bonchev–Trinajstić information content (AvgIpc) is 2.35. The Bertz CT molecular complexity index is 358. The van der Waals surface area contributed by atoms with Gasteiger partial charge in [0.05, 0.1) is 0 Å². The maximum absolute atomic E-state index is 3.64. The standard InChI is InChI=1S/C17H27N/c1-14-5-3-7-16(11-14)9-10-18-13-17-8-4-6-15(2)12-17/h3,5,7,11,15,17-18H,4,6,8-10,12-13H2,1-2H3. The summed E-state index contributed by atoms with van der Waals surface area (Å²) in [6, 6.07) is 8.86. The van der Waals surface area contributed by atoms with Crippen molar-refractivity contribution < 1.29 is 0 Å². The molecular formula is C17H27N. The SMILES string of the molecule is Cc1cccc(CCNCC2CCCC(C)C2)c1. The average molecular weight is 245 g/mol. The van der Waals surface area contributed by atoms with Crippen LogP contribution in [-0.2, 0) is 6.42 Å². The monoisotopic (exact) mass is 245 g/mol. The highest BCUT2D eigenvalue weighted by Gasteiger charge is 2.17. The maximum Gasteiger partial charge on any atom is -0.000823 e. The molecule has 0 bridgehead atoms. The molecule has 0 aromatic heterocycles. The van der Waals surface area contributed by atoms with Crippen molar-refractivity contribution in [3.63, 3.8) is 0 Å². The second kappa shape index (κ2) is 6.94. The molecule has 0 radical (unpaired) electrons. The molecule has 0 amide bonds. The molecule has 2 atom stereocenters. The first kappa shape index (κ1) is 13.6. The van der Waals surface area contributed by atoms with Crippen LogP contribution in [-0.4, -0.2) is 13.1 Å². The summed E-state index contributed by atoms with van der Waals surface area (Å²) in [5.74, 6) is 1.87. The van der Waals surface area contributed by atoms with Gasteiger partial charge in [0, 0.05) is 0 Å². The van der Waals surface area contributed by atoms with E-state index in [4.69, 9.17) is 0 Å². The lowest BCUT2D eigenvalue weighted by molar-refractivity contribution is 0.275. The van der Waals surface area contributed by atoms with Gasteiger partial charge in [-0.3, -0.25) is 0 Å². The predicted molar refractivity (Wildman–Crippen MR) is 78.9 cm³/mol. The van der Waals surface area contributed by atoms with Gasteiger partial charge in [0.2, 0.25) is 0 Å². The quantitative estimate of drug-likeness (QED) is 0.774. The highest BCUT2D eigenvalue weighted by Crippen LogP contribution is 2.27. The van der Waals surface area contributed by atoms with Crippen molar-refractivity contribution in [2.24, 2.45) is 11.8 Å². The summed E-state index contributed by atoms with van der Waals surface area (Å²) < 4.78 is 0. The number of nitrogens with one attached hydrogen (secondary N) is 1. The molecule has 1 aliphatic rings. The van der Waals surface area contributed by atoms with Crippen molar-refractivity contribution in [2.75, 3.05) is 13.1 Å². The number of aryl methyl sites for hydroxylation is 1.